The molecule has 0 bridgehead atoms. The van der Waals surface area contributed by atoms with Crippen molar-refractivity contribution >= 4 is 11.8 Å². The van der Waals surface area contributed by atoms with Gasteiger partial charge in [0.15, 0.2) is 0 Å². The number of nitrogens with zero attached hydrogens (tertiary/aromatic N) is 2. The Morgan fingerprint density at radius 2 is 1.41 bits per heavy atom. The summed E-state index contributed by atoms with van der Waals surface area (Å²) in [6, 6.07) is 33.9. The average molecular weight is 614 g/mol. The maximum Gasteiger partial charge on any atom is 0.261 e. The largest absolute Gasteiger partial charge is 0.492 e. The minimum absolute atomic E-state index is 0.0499. The number of amides is 2. The molecule has 0 fully saturated rings. The molecular formula is C38H35N3O5. The summed E-state index contributed by atoms with van der Waals surface area (Å²) in [4.78, 5) is 30.1. The SMILES string of the molecule is N[C@@H](COc1ccc2c(c1)OCc1cnccc1-2)Cc1ccccc1.O=C1c2ccccc2C(=O)N1[C@@H](CO)Cc1ccccc1. The number of fused-ring (bicyclic) bond motifs is 4. The normalized spacial score (nSPS) is 14.2. The maximum absolute atomic E-state index is 12.4. The number of hydrogen-bond acceptors (Lipinski definition) is 7. The Balaban J connectivity index is 0.000000164. The fourth-order valence-corrected chi connectivity index (χ4v) is 5.74. The summed E-state index contributed by atoms with van der Waals surface area (Å²) in [6.45, 7) is 0.752. The number of hydrogen-bond donors (Lipinski definition) is 2. The highest BCUT2D eigenvalue weighted by Crippen LogP contribution is 2.39. The molecule has 0 saturated carbocycles. The third kappa shape index (κ3) is 6.83. The van der Waals surface area contributed by atoms with Crippen LogP contribution in [0.3, 0.4) is 0 Å². The molecule has 2 amide bonds. The number of imide groups is 1. The van der Waals surface area contributed by atoms with E-state index in [-0.39, 0.29) is 24.5 Å². The van der Waals surface area contributed by atoms with Gasteiger partial charge in [0.05, 0.1) is 23.8 Å². The number of ether oxygens (including phenoxy) is 2. The molecule has 4 aromatic carbocycles. The van der Waals surface area contributed by atoms with Gasteiger partial charge in [-0.2, -0.15) is 0 Å². The van der Waals surface area contributed by atoms with Gasteiger partial charge in [-0.1, -0.05) is 72.8 Å². The molecule has 46 heavy (non-hydrogen) atoms. The fraction of sp³-hybridized carbons (Fsp3) is 0.184. The van der Waals surface area contributed by atoms with Crippen LogP contribution in [0, 0.1) is 0 Å². The van der Waals surface area contributed by atoms with Crippen molar-refractivity contribution in [2.45, 2.75) is 31.5 Å². The van der Waals surface area contributed by atoms with Crippen molar-refractivity contribution in [3.05, 3.63) is 149 Å². The third-order valence-electron chi connectivity index (χ3n) is 8.05. The summed E-state index contributed by atoms with van der Waals surface area (Å²) < 4.78 is 11.7. The molecule has 2 aliphatic heterocycles. The van der Waals surface area contributed by atoms with E-state index in [1.807, 2.05) is 79.0 Å². The molecule has 8 heteroatoms. The van der Waals surface area contributed by atoms with Gasteiger partial charge >= 0.3 is 0 Å². The number of nitrogens with two attached hydrogens (primary N) is 1. The number of benzene rings is 4. The van der Waals surface area contributed by atoms with E-state index in [0.29, 0.717) is 30.8 Å². The van der Waals surface area contributed by atoms with Gasteiger partial charge in [0.25, 0.3) is 11.8 Å². The first-order valence-electron chi connectivity index (χ1n) is 15.3. The Hall–Kier alpha value is -5.31. The lowest BCUT2D eigenvalue weighted by Gasteiger charge is -2.24. The van der Waals surface area contributed by atoms with Crippen LogP contribution in [0.15, 0.2) is 122 Å². The molecule has 7 rings (SSSR count). The van der Waals surface area contributed by atoms with E-state index in [9.17, 15) is 14.7 Å². The zero-order valence-electron chi connectivity index (χ0n) is 25.3. The van der Waals surface area contributed by atoms with Crippen LogP contribution in [0.4, 0.5) is 0 Å². The molecule has 1 aromatic heterocycles. The Bertz CT molecular complexity index is 1780. The molecule has 0 radical (unpaired) electrons. The van der Waals surface area contributed by atoms with E-state index in [1.165, 1.54) is 16.0 Å². The molecule has 0 saturated heterocycles. The van der Waals surface area contributed by atoms with E-state index < -0.39 is 6.04 Å². The molecule has 3 N–H and O–H groups in total. The molecule has 0 aliphatic carbocycles. The number of pyridine rings is 1. The molecule has 2 atom stereocenters. The van der Waals surface area contributed by atoms with Gasteiger partial charge < -0.3 is 20.3 Å². The van der Waals surface area contributed by atoms with Crippen LogP contribution >= 0.6 is 0 Å². The smallest absolute Gasteiger partial charge is 0.261 e. The van der Waals surface area contributed by atoms with Gasteiger partial charge in [-0.25, -0.2) is 0 Å². The van der Waals surface area contributed by atoms with Crippen molar-refractivity contribution in [1.29, 1.82) is 0 Å². The van der Waals surface area contributed by atoms with Gasteiger partial charge in [-0.05, 0) is 59.9 Å². The van der Waals surface area contributed by atoms with Gasteiger partial charge in [0, 0.05) is 35.6 Å². The summed E-state index contributed by atoms with van der Waals surface area (Å²) in [6.07, 6.45) is 4.90. The van der Waals surface area contributed by atoms with Gasteiger partial charge in [0.1, 0.15) is 24.7 Å². The monoisotopic (exact) mass is 613 g/mol. The lowest BCUT2D eigenvalue weighted by molar-refractivity contribution is 0.0516. The lowest BCUT2D eigenvalue weighted by atomic mass is 9.99. The summed E-state index contributed by atoms with van der Waals surface area (Å²) in [5.41, 5.74) is 12.6. The Morgan fingerprint density at radius 1 is 0.783 bits per heavy atom. The van der Waals surface area contributed by atoms with Crippen molar-refractivity contribution in [2.75, 3.05) is 13.2 Å². The van der Waals surface area contributed by atoms with Crippen molar-refractivity contribution < 1.29 is 24.2 Å². The third-order valence-corrected chi connectivity index (χ3v) is 8.05. The molecule has 232 valence electrons. The number of aromatic nitrogens is 1. The second-order valence-electron chi connectivity index (χ2n) is 11.3. The lowest BCUT2D eigenvalue weighted by Crippen LogP contribution is -2.43. The fourth-order valence-electron chi connectivity index (χ4n) is 5.74. The number of rotatable bonds is 9. The number of carbonyl (C=O) groups is 2. The number of carbonyl (C=O) groups excluding carboxylic acids is 2. The van der Waals surface area contributed by atoms with Gasteiger partial charge in [-0.3, -0.25) is 19.5 Å². The highest BCUT2D eigenvalue weighted by atomic mass is 16.5. The number of aliphatic hydroxyl groups excluding tert-OH is 1. The summed E-state index contributed by atoms with van der Waals surface area (Å²) in [5, 5.41) is 9.62. The topological polar surface area (TPSA) is 115 Å². The maximum atomic E-state index is 12.4. The van der Waals surface area contributed by atoms with Crippen LogP contribution in [-0.2, 0) is 19.4 Å². The second kappa shape index (κ2) is 14.2. The summed E-state index contributed by atoms with van der Waals surface area (Å²) >= 11 is 0. The van der Waals surface area contributed by atoms with E-state index in [2.05, 4.69) is 17.1 Å². The minimum atomic E-state index is -0.542. The van der Waals surface area contributed by atoms with Crippen LogP contribution < -0.4 is 15.2 Å². The quantitative estimate of drug-likeness (QED) is 0.212. The van der Waals surface area contributed by atoms with Crippen LogP contribution in [0.1, 0.15) is 37.4 Å². The van der Waals surface area contributed by atoms with Crippen LogP contribution in [0.5, 0.6) is 11.5 Å². The Kier molecular flexibility index (Phi) is 9.48. The molecule has 8 nitrogen and oxygen atoms in total. The van der Waals surface area contributed by atoms with E-state index in [0.717, 1.165) is 34.6 Å². The van der Waals surface area contributed by atoms with Crippen molar-refractivity contribution in [3.63, 3.8) is 0 Å². The highest BCUT2D eigenvalue weighted by Gasteiger charge is 2.39. The number of aliphatic hydroxyl groups is 1. The highest BCUT2D eigenvalue weighted by molar-refractivity contribution is 6.21. The van der Waals surface area contributed by atoms with Gasteiger partial charge in [0.2, 0.25) is 0 Å². The van der Waals surface area contributed by atoms with E-state index >= 15 is 0 Å². The molecule has 0 unspecified atom stereocenters. The van der Waals surface area contributed by atoms with Crippen LogP contribution in [0.25, 0.3) is 11.1 Å². The molecule has 0 spiro atoms. The van der Waals surface area contributed by atoms with Crippen molar-refractivity contribution in [3.8, 4) is 22.6 Å². The molecule has 3 heterocycles. The Morgan fingerprint density at radius 3 is 2.07 bits per heavy atom. The summed E-state index contributed by atoms with van der Waals surface area (Å²) in [5.74, 6) is 0.962. The second-order valence-corrected chi connectivity index (χ2v) is 11.3. The average Bonchev–Trinajstić information content (AvgIpc) is 3.36. The van der Waals surface area contributed by atoms with E-state index in [1.54, 1.807) is 30.5 Å². The van der Waals surface area contributed by atoms with Crippen LogP contribution in [0.2, 0.25) is 0 Å². The Labute approximate surface area is 268 Å². The van der Waals surface area contributed by atoms with Gasteiger partial charge in [-0.15, -0.1) is 0 Å². The first-order chi connectivity index (χ1) is 22.5. The first kappa shape index (κ1) is 30.7. The molecular weight excluding hydrogens is 578 g/mol. The first-order valence-corrected chi connectivity index (χ1v) is 15.3. The zero-order valence-corrected chi connectivity index (χ0v) is 25.3. The molecule has 5 aromatic rings. The molecule has 2 aliphatic rings. The standard InChI is InChI=1S/C21H20N2O2.C17H15NO3/c22-17(10-15-4-2-1-3-5-15)14-24-18-6-7-20-19-8-9-23-12-16(19)13-25-21(20)11-18;19-11-13(10-12-6-2-1-3-7-12)18-16(20)14-8-4-5-9-15(14)17(18)21/h1-9,11-12,17H,10,13-14,22H2;1-9,13,19H,10-11H2/t17-;13-/m11/s1. The van der Waals surface area contributed by atoms with E-state index in [4.69, 9.17) is 15.2 Å². The van der Waals surface area contributed by atoms with Crippen molar-refractivity contribution in [1.82, 2.24) is 9.88 Å². The van der Waals surface area contributed by atoms with Crippen molar-refractivity contribution in [2.24, 2.45) is 5.73 Å². The predicted octanol–water partition coefficient (Wildman–Crippen LogP) is 5.48. The predicted molar refractivity (Wildman–Crippen MR) is 176 cm³/mol. The zero-order chi connectivity index (χ0) is 31.9. The van der Waals surface area contributed by atoms with Crippen LogP contribution in [-0.4, -0.2) is 52.1 Å². The minimum Gasteiger partial charge on any atom is -0.492 e. The summed E-state index contributed by atoms with van der Waals surface area (Å²) in [7, 11) is 0.